The van der Waals surface area contributed by atoms with Crippen LogP contribution in [0.5, 0.6) is 5.75 Å². The highest BCUT2D eigenvalue weighted by Gasteiger charge is 2.10. The SMILES string of the molecule is CC(C)Cc1cc(C(=O)Nc2ccc(OCCN)cc2)cc(=O)[nH]1. The Morgan fingerprint density at radius 2 is 1.96 bits per heavy atom. The lowest BCUT2D eigenvalue weighted by Gasteiger charge is -2.09. The molecule has 0 aliphatic carbocycles. The van der Waals surface area contributed by atoms with Crippen LogP contribution in [0.2, 0.25) is 0 Å². The number of nitrogens with one attached hydrogen (secondary N) is 2. The van der Waals surface area contributed by atoms with Gasteiger partial charge in [-0.25, -0.2) is 0 Å². The standard InChI is InChI=1S/C18H23N3O3/c1-12(2)9-15-10-13(11-17(22)20-15)18(23)21-14-3-5-16(6-4-14)24-8-7-19/h3-6,10-12H,7-9,19H2,1-2H3,(H,20,22)(H,21,23). The number of H-pyrrole nitrogens is 1. The van der Waals surface area contributed by atoms with E-state index >= 15 is 0 Å². The van der Waals surface area contributed by atoms with Gasteiger partial charge in [0.05, 0.1) is 0 Å². The van der Waals surface area contributed by atoms with E-state index < -0.39 is 0 Å². The molecule has 24 heavy (non-hydrogen) atoms. The van der Waals surface area contributed by atoms with Gasteiger partial charge in [0.2, 0.25) is 5.56 Å². The predicted octanol–water partition coefficient (Wildman–Crippen LogP) is 2.16. The summed E-state index contributed by atoms with van der Waals surface area (Å²) in [6.45, 7) is 5.00. The van der Waals surface area contributed by atoms with Gasteiger partial charge in [-0.2, -0.15) is 0 Å². The van der Waals surface area contributed by atoms with Crippen molar-refractivity contribution < 1.29 is 9.53 Å². The largest absolute Gasteiger partial charge is 0.492 e. The maximum atomic E-state index is 12.3. The van der Waals surface area contributed by atoms with Gasteiger partial charge < -0.3 is 20.8 Å². The lowest BCUT2D eigenvalue weighted by atomic mass is 10.1. The van der Waals surface area contributed by atoms with Crippen molar-refractivity contribution in [1.29, 1.82) is 0 Å². The fourth-order valence-electron chi connectivity index (χ4n) is 2.30. The molecule has 0 aliphatic rings. The number of aromatic amines is 1. The Balaban J connectivity index is 2.09. The number of ether oxygens (including phenoxy) is 1. The Hall–Kier alpha value is -2.60. The van der Waals surface area contributed by atoms with Crippen molar-refractivity contribution in [3.8, 4) is 5.75 Å². The van der Waals surface area contributed by atoms with E-state index in [0.29, 0.717) is 42.5 Å². The van der Waals surface area contributed by atoms with Gasteiger partial charge in [0, 0.05) is 29.6 Å². The molecule has 1 aromatic heterocycles. The highest BCUT2D eigenvalue weighted by molar-refractivity contribution is 6.04. The van der Waals surface area contributed by atoms with Gasteiger partial charge in [0.1, 0.15) is 12.4 Å². The summed E-state index contributed by atoms with van der Waals surface area (Å²) >= 11 is 0. The van der Waals surface area contributed by atoms with E-state index in [1.54, 1.807) is 30.3 Å². The monoisotopic (exact) mass is 329 g/mol. The third-order valence-electron chi connectivity index (χ3n) is 3.29. The van der Waals surface area contributed by atoms with E-state index in [1.807, 2.05) is 0 Å². The number of carbonyl (C=O) groups excluding carboxylic acids is 1. The van der Waals surface area contributed by atoms with Crippen LogP contribution in [0.1, 0.15) is 29.9 Å². The molecule has 0 aliphatic heterocycles. The molecule has 1 aromatic carbocycles. The zero-order valence-electron chi connectivity index (χ0n) is 14.0. The molecule has 0 saturated carbocycles. The van der Waals surface area contributed by atoms with Crippen LogP contribution in [0.3, 0.4) is 0 Å². The van der Waals surface area contributed by atoms with Crippen molar-refractivity contribution in [2.75, 3.05) is 18.5 Å². The minimum atomic E-state index is -0.318. The first kappa shape index (κ1) is 17.7. The van der Waals surface area contributed by atoms with Crippen LogP contribution in [0.15, 0.2) is 41.2 Å². The number of benzene rings is 1. The summed E-state index contributed by atoms with van der Waals surface area (Å²) in [7, 11) is 0. The molecule has 0 saturated heterocycles. The van der Waals surface area contributed by atoms with Crippen molar-refractivity contribution in [3.63, 3.8) is 0 Å². The number of hydrogen-bond acceptors (Lipinski definition) is 4. The summed E-state index contributed by atoms with van der Waals surface area (Å²) < 4.78 is 5.38. The van der Waals surface area contributed by atoms with E-state index in [-0.39, 0.29) is 11.5 Å². The van der Waals surface area contributed by atoms with Crippen molar-refractivity contribution in [3.05, 3.63) is 58.0 Å². The Labute approximate surface area is 141 Å². The lowest BCUT2D eigenvalue weighted by Crippen LogP contribution is -2.18. The van der Waals surface area contributed by atoms with Crippen LogP contribution >= 0.6 is 0 Å². The van der Waals surface area contributed by atoms with Crippen molar-refractivity contribution in [1.82, 2.24) is 4.98 Å². The van der Waals surface area contributed by atoms with Crippen molar-refractivity contribution >= 4 is 11.6 Å². The normalized spacial score (nSPS) is 10.7. The number of aromatic nitrogens is 1. The average molecular weight is 329 g/mol. The third kappa shape index (κ3) is 5.24. The lowest BCUT2D eigenvalue weighted by molar-refractivity contribution is 0.102. The summed E-state index contributed by atoms with van der Waals surface area (Å²) in [5, 5.41) is 2.78. The second-order valence-electron chi connectivity index (χ2n) is 5.97. The second kappa shape index (κ2) is 8.31. The molecule has 0 radical (unpaired) electrons. The number of pyridine rings is 1. The number of rotatable bonds is 7. The van der Waals surface area contributed by atoms with Crippen molar-refractivity contribution in [2.45, 2.75) is 20.3 Å². The molecule has 0 fully saturated rings. The van der Waals surface area contributed by atoms with Crippen molar-refractivity contribution in [2.24, 2.45) is 11.7 Å². The number of carbonyl (C=O) groups is 1. The molecule has 2 rings (SSSR count). The van der Waals surface area contributed by atoms with Crippen LogP contribution in [-0.4, -0.2) is 24.0 Å². The van der Waals surface area contributed by atoms with E-state index in [9.17, 15) is 9.59 Å². The summed E-state index contributed by atoms with van der Waals surface area (Å²) in [5.41, 5.74) is 6.84. The van der Waals surface area contributed by atoms with Crippen LogP contribution in [-0.2, 0) is 6.42 Å². The second-order valence-corrected chi connectivity index (χ2v) is 5.97. The summed E-state index contributed by atoms with van der Waals surface area (Å²) in [6, 6.07) is 10.0. The topological polar surface area (TPSA) is 97.2 Å². The smallest absolute Gasteiger partial charge is 0.255 e. The molecular formula is C18H23N3O3. The molecule has 1 heterocycles. The maximum Gasteiger partial charge on any atom is 0.255 e. The minimum absolute atomic E-state index is 0.274. The quantitative estimate of drug-likeness (QED) is 0.725. The Morgan fingerprint density at radius 3 is 2.58 bits per heavy atom. The molecule has 6 heteroatoms. The maximum absolute atomic E-state index is 12.3. The average Bonchev–Trinajstić information content (AvgIpc) is 2.53. The van der Waals surface area contributed by atoms with Gasteiger partial charge >= 0.3 is 0 Å². The molecule has 6 nitrogen and oxygen atoms in total. The first-order chi connectivity index (χ1) is 11.5. The zero-order valence-corrected chi connectivity index (χ0v) is 14.0. The summed E-state index contributed by atoms with van der Waals surface area (Å²) in [5.74, 6) is 0.760. The number of nitrogens with two attached hydrogens (primary N) is 1. The first-order valence-electron chi connectivity index (χ1n) is 7.95. The molecule has 0 bridgehead atoms. The minimum Gasteiger partial charge on any atom is -0.492 e. The predicted molar refractivity (Wildman–Crippen MR) is 94.5 cm³/mol. The highest BCUT2D eigenvalue weighted by Crippen LogP contribution is 2.16. The van der Waals surface area contributed by atoms with Gasteiger partial charge in [-0.05, 0) is 42.7 Å². The molecule has 2 aromatic rings. The molecule has 4 N–H and O–H groups in total. The van der Waals surface area contributed by atoms with Gasteiger partial charge in [-0.3, -0.25) is 9.59 Å². The number of hydrogen-bond donors (Lipinski definition) is 3. The van der Waals surface area contributed by atoms with E-state index in [4.69, 9.17) is 10.5 Å². The Bertz CT molecular complexity index is 736. The highest BCUT2D eigenvalue weighted by atomic mass is 16.5. The molecule has 1 amide bonds. The first-order valence-corrected chi connectivity index (χ1v) is 7.95. The van der Waals surface area contributed by atoms with Gasteiger partial charge in [-0.15, -0.1) is 0 Å². The Morgan fingerprint density at radius 1 is 1.25 bits per heavy atom. The van der Waals surface area contributed by atoms with Crippen LogP contribution in [0.25, 0.3) is 0 Å². The molecule has 128 valence electrons. The van der Waals surface area contributed by atoms with Gasteiger partial charge in [0.15, 0.2) is 0 Å². The van der Waals surface area contributed by atoms with Crippen LogP contribution in [0.4, 0.5) is 5.69 Å². The number of amides is 1. The van der Waals surface area contributed by atoms with E-state index in [0.717, 1.165) is 5.69 Å². The molecule has 0 atom stereocenters. The number of anilines is 1. The van der Waals surface area contributed by atoms with Crippen LogP contribution < -0.4 is 21.3 Å². The van der Waals surface area contributed by atoms with Gasteiger partial charge in [0.25, 0.3) is 5.91 Å². The van der Waals surface area contributed by atoms with Gasteiger partial charge in [-0.1, -0.05) is 13.8 Å². The summed E-state index contributed by atoms with van der Waals surface area (Å²) in [4.78, 5) is 26.8. The van der Waals surface area contributed by atoms with E-state index in [1.165, 1.54) is 6.07 Å². The summed E-state index contributed by atoms with van der Waals surface area (Å²) in [6.07, 6.45) is 0.712. The Kier molecular flexibility index (Phi) is 6.14. The van der Waals surface area contributed by atoms with Crippen LogP contribution in [0, 0.1) is 5.92 Å². The fraction of sp³-hybridized carbons (Fsp3) is 0.333. The van der Waals surface area contributed by atoms with E-state index in [2.05, 4.69) is 24.1 Å². The molecular weight excluding hydrogens is 306 g/mol. The zero-order chi connectivity index (χ0) is 17.5. The third-order valence-corrected chi connectivity index (χ3v) is 3.29. The fourth-order valence-corrected chi connectivity index (χ4v) is 2.30. The molecule has 0 unspecified atom stereocenters. The molecule has 0 spiro atoms.